The summed E-state index contributed by atoms with van der Waals surface area (Å²) in [5.74, 6) is 0.169. The lowest BCUT2D eigenvalue weighted by atomic mass is 9.24. The van der Waals surface area contributed by atoms with Gasteiger partial charge in [0.15, 0.2) is 5.78 Å². The molecule has 1 saturated carbocycles. The second-order valence-electron chi connectivity index (χ2n) is 26.4. The molecular weight excluding hydrogens is 833 g/mol. The predicted octanol–water partition coefficient (Wildman–Crippen LogP) is 18.1. The molecule has 0 heterocycles. The molecule has 0 aliphatic heterocycles. The maximum atomic E-state index is 16.1. The maximum absolute atomic E-state index is 16.1. The summed E-state index contributed by atoms with van der Waals surface area (Å²) in [6, 6.07) is 0. The van der Waals surface area contributed by atoms with Gasteiger partial charge >= 0.3 is 0 Å². The second-order valence-corrected chi connectivity index (χ2v) is 26.4. The first-order valence-corrected chi connectivity index (χ1v) is 26.0. The van der Waals surface area contributed by atoms with Gasteiger partial charge in [0.2, 0.25) is 0 Å². The van der Waals surface area contributed by atoms with Crippen LogP contribution in [-0.4, -0.2) is 5.78 Å². The van der Waals surface area contributed by atoms with E-state index in [0.717, 1.165) is 0 Å². The molecule has 28 aromatic carbocycles. The van der Waals surface area contributed by atoms with Gasteiger partial charge in [0.25, 0.3) is 0 Å². The number of carbonyl (C=O) groups is 1. The van der Waals surface area contributed by atoms with Crippen LogP contribution >= 0.6 is 0 Å². The van der Waals surface area contributed by atoms with Crippen LogP contribution in [0, 0.1) is 11.3 Å². The average molecular weight is 845 g/mol. The monoisotopic (exact) mass is 844 g/mol. The van der Waals surface area contributed by atoms with Crippen molar-refractivity contribution < 1.29 is 4.79 Å². The number of carbonyl (C=O) groups excluding carboxylic acids is 1. The first kappa shape index (κ1) is 25.9. The van der Waals surface area contributed by atoms with E-state index in [9.17, 15) is 0 Å². The van der Waals surface area contributed by atoms with Crippen molar-refractivity contribution in [1.82, 2.24) is 0 Å². The summed E-state index contributed by atoms with van der Waals surface area (Å²) in [6.07, 6.45) is 4.10. The number of hydrogen-bond donors (Lipinski definition) is 0. The molecule has 0 radical (unpaired) electrons. The molecule has 5 aliphatic carbocycles. The third kappa shape index (κ3) is 1.30. The van der Waals surface area contributed by atoms with Crippen molar-refractivity contribution in [3.63, 3.8) is 0 Å². The summed E-state index contributed by atoms with van der Waals surface area (Å²) in [5, 5.41) is 87.4. The fourth-order valence-electron chi connectivity index (χ4n) is 26.5. The van der Waals surface area contributed by atoms with Crippen LogP contribution in [0.5, 0.6) is 0 Å². The Morgan fingerprint density at radius 2 is 0.435 bits per heavy atom. The molecule has 0 saturated heterocycles. The van der Waals surface area contributed by atoms with Crippen LogP contribution in [0.25, 0.3) is 291 Å². The van der Waals surface area contributed by atoms with Crippen molar-refractivity contribution in [3.05, 3.63) is 34.4 Å². The van der Waals surface area contributed by atoms with Crippen LogP contribution < -0.4 is 0 Å². The first-order valence-electron chi connectivity index (χ1n) is 26.0. The topological polar surface area (TPSA) is 17.1 Å². The zero-order valence-electron chi connectivity index (χ0n) is 36.1. The van der Waals surface area contributed by atoms with Gasteiger partial charge in [0.05, 0.1) is 0 Å². The zero-order chi connectivity index (χ0) is 41.6. The van der Waals surface area contributed by atoms with Crippen molar-refractivity contribution in [2.45, 2.75) is 31.6 Å². The highest BCUT2D eigenvalue weighted by Crippen LogP contribution is 2.91. The number of allylic oxidation sites excluding steroid dienone is 2. The summed E-state index contributed by atoms with van der Waals surface area (Å²) < 4.78 is 0. The third-order valence-corrected chi connectivity index (χ3v) is 26.1. The Morgan fingerprint density at radius 3 is 0.609 bits per heavy atom. The van der Waals surface area contributed by atoms with Gasteiger partial charge in [-0.2, -0.15) is 0 Å². The Bertz CT molecular complexity index is 7070. The number of ketones is 1. The fraction of sp³-hybridized carbons (Fsp3) is 0.103. The molecule has 5 aliphatic rings. The quantitative estimate of drug-likeness (QED) is 0.125. The second kappa shape index (κ2) is 5.64. The highest BCUT2D eigenvalue weighted by atomic mass is 16.1. The Balaban J connectivity index is 1.22. The lowest BCUT2D eigenvalue weighted by molar-refractivity contribution is -0.150. The number of rotatable bonds is 2. The van der Waals surface area contributed by atoms with E-state index in [1.807, 2.05) is 6.08 Å². The van der Waals surface area contributed by atoms with Crippen molar-refractivity contribution >= 4 is 297 Å². The van der Waals surface area contributed by atoms with Crippen LogP contribution in [0.1, 0.15) is 43.0 Å². The van der Waals surface area contributed by atoms with Gasteiger partial charge < -0.3 is 0 Å². The number of benzene rings is 18. The van der Waals surface area contributed by atoms with Gasteiger partial charge in [-0.25, -0.2) is 0 Å². The van der Waals surface area contributed by atoms with Crippen molar-refractivity contribution in [2.24, 2.45) is 11.3 Å². The minimum absolute atomic E-state index is 0.183. The minimum Gasteiger partial charge on any atom is -0.294 e. The summed E-state index contributed by atoms with van der Waals surface area (Å²) in [5.41, 5.74) is 5.33. The van der Waals surface area contributed by atoms with E-state index in [1.165, 1.54) is 0 Å². The lowest BCUT2D eigenvalue weighted by Crippen LogP contribution is -2.78. The van der Waals surface area contributed by atoms with E-state index in [0.29, 0.717) is 5.78 Å². The normalized spacial score (nSPS) is 21.8. The van der Waals surface area contributed by atoms with Crippen LogP contribution in [0.3, 0.4) is 0 Å². The molecule has 290 valence electrons. The SMILES string of the molecule is C/C=C/C(=O)C1C(C)(C)C23c4c5c6c7c8c9c(c%10c%11c2c2c4c4c%12c5c5c6c6c8c8c%13c9c9c%10c%10c%11c%11c2c2c4c4c%12c%12c5c5c6c8c6c8c%13c9c9c%10c%10c%11c2c2c4c4c%12c5c6c5c8c9c%10c2c45)C713. The summed E-state index contributed by atoms with van der Waals surface area (Å²) >= 11 is 0. The molecule has 2 spiro atoms. The molecular formula is C68H12O. The number of hydrogen-bond acceptors (Lipinski definition) is 1. The van der Waals surface area contributed by atoms with E-state index >= 15 is 4.79 Å². The van der Waals surface area contributed by atoms with E-state index in [2.05, 4.69) is 26.8 Å². The van der Waals surface area contributed by atoms with Gasteiger partial charge in [-0.05, 0) is 332 Å². The molecule has 28 aromatic rings. The lowest BCUT2D eigenvalue weighted by Gasteiger charge is -2.75. The Labute approximate surface area is 376 Å². The molecule has 0 N–H and O–H groups in total. The van der Waals surface area contributed by atoms with E-state index < -0.39 is 5.41 Å². The van der Waals surface area contributed by atoms with Crippen molar-refractivity contribution in [2.75, 3.05) is 0 Å². The molecule has 1 nitrogen and oxygen atoms in total. The van der Waals surface area contributed by atoms with Gasteiger partial charge in [0, 0.05) is 16.7 Å². The Hall–Kier alpha value is -8.13. The predicted molar refractivity (Wildman–Crippen MR) is 291 cm³/mol. The van der Waals surface area contributed by atoms with E-state index in [1.54, 1.807) is 313 Å². The van der Waals surface area contributed by atoms with Gasteiger partial charge in [-0.1, -0.05) is 19.9 Å². The summed E-state index contributed by atoms with van der Waals surface area (Å²) in [7, 11) is 0. The first-order chi connectivity index (χ1) is 34.1. The standard InChI is InChI=1S/C68H12O/c1-4-5-6(69)65-66(2,3)68-63-57-51-41-29-21-13-9-7-8-11-15(13)23(29)33-27-19(11)20-12(8)16-14-10(7)18-17(9)25-31(21)39-45-35(25)36-26(18)32-22(14)30-24(16)34-28(20)38-37(27)49(43(33)51)59(63)60-50(38)44(34)52-42(30)48-40(32)46(36)54-53(45)61(55(57)47(39)41)67(65,68)62(54)56(48)58(52)64(60)68/h4-5,65H,1-3H3/b5-4+. The Kier molecular flexibility index (Phi) is 2.11. The van der Waals surface area contributed by atoms with Crippen LogP contribution in [0.4, 0.5) is 0 Å². The van der Waals surface area contributed by atoms with Crippen LogP contribution in [0.15, 0.2) is 12.2 Å². The Morgan fingerprint density at radius 1 is 0.275 bits per heavy atom. The molecule has 69 heavy (non-hydrogen) atoms. The van der Waals surface area contributed by atoms with Gasteiger partial charge in [-0.3, -0.25) is 4.79 Å². The molecule has 0 amide bonds. The molecule has 1 heteroatoms. The average Bonchev–Trinajstić information content (AvgIpc) is 4.29. The molecule has 1 unspecified atom stereocenters. The van der Waals surface area contributed by atoms with Crippen molar-refractivity contribution in [3.8, 4) is 0 Å². The zero-order valence-corrected chi connectivity index (χ0v) is 36.1. The third-order valence-electron chi connectivity index (χ3n) is 26.1. The highest BCUT2D eigenvalue weighted by molar-refractivity contribution is 6.82. The minimum atomic E-state index is -0.502. The highest BCUT2D eigenvalue weighted by Gasteiger charge is 2.86. The molecule has 0 bridgehead atoms. The van der Waals surface area contributed by atoms with Gasteiger partial charge in [-0.15, -0.1) is 0 Å². The largest absolute Gasteiger partial charge is 0.294 e. The van der Waals surface area contributed by atoms with E-state index in [-0.39, 0.29) is 16.7 Å². The summed E-state index contributed by atoms with van der Waals surface area (Å²) in [4.78, 5) is 16.1. The van der Waals surface area contributed by atoms with Crippen molar-refractivity contribution in [1.29, 1.82) is 0 Å². The smallest absolute Gasteiger partial charge is 0.160 e. The maximum Gasteiger partial charge on any atom is 0.160 e. The summed E-state index contributed by atoms with van der Waals surface area (Å²) in [6.45, 7) is 7.30. The van der Waals surface area contributed by atoms with E-state index in [4.69, 9.17) is 0 Å². The molecule has 0 aromatic heterocycles. The fourth-order valence-corrected chi connectivity index (χ4v) is 26.5. The molecule has 1 fully saturated rings. The molecule has 1 atom stereocenters. The van der Waals surface area contributed by atoms with Crippen LogP contribution in [0.2, 0.25) is 0 Å². The van der Waals surface area contributed by atoms with Gasteiger partial charge in [0.1, 0.15) is 0 Å². The molecule has 33 rings (SSSR count). The van der Waals surface area contributed by atoms with Crippen LogP contribution in [-0.2, 0) is 15.6 Å².